The third-order valence-electron chi connectivity index (χ3n) is 5.90. The quantitative estimate of drug-likeness (QED) is 0.858. The predicted octanol–water partition coefficient (Wildman–Crippen LogP) is 3.71. The van der Waals surface area contributed by atoms with Gasteiger partial charge in [0, 0.05) is 19.0 Å². The van der Waals surface area contributed by atoms with Gasteiger partial charge in [-0.3, -0.25) is 9.69 Å². The highest BCUT2D eigenvalue weighted by Gasteiger charge is 2.58. The van der Waals surface area contributed by atoms with Gasteiger partial charge in [0.25, 0.3) is 0 Å². The zero-order valence-corrected chi connectivity index (χ0v) is 15.4. The Balaban J connectivity index is 1.20. The van der Waals surface area contributed by atoms with E-state index in [2.05, 4.69) is 51.3 Å². The normalized spacial score (nSPS) is 22.0. The Labute approximate surface area is 154 Å². The standard InChI is InChI=1S/C21H26N2OS/c24-20(22-10-6-17-4-2-1-3-5-17)19-14-21(19)8-11-23(12-9-21)15-18-7-13-25-16-18/h1-5,7,13,16,19H,6,8-12,14-15H2,(H,22,24)/t19-/m0/s1. The van der Waals surface area contributed by atoms with E-state index in [9.17, 15) is 4.79 Å². The van der Waals surface area contributed by atoms with Gasteiger partial charge < -0.3 is 5.32 Å². The molecule has 132 valence electrons. The zero-order valence-electron chi connectivity index (χ0n) is 14.6. The molecule has 1 N–H and O–H groups in total. The van der Waals surface area contributed by atoms with Gasteiger partial charge in [0.2, 0.25) is 5.91 Å². The number of carbonyl (C=O) groups excluding carboxylic acids is 1. The van der Waals surface area contributed by atoms with Crippen molar-refractivity contribution in [3.05, 3.63) is 58.3 Å². The number of hydrogen-bond acceptors (Lipinski definition) is 3. The molecule has 1 saturated heterocycles. The van der Waals surface area contributed by atoms with Crippen molar-refractivity contribution >= 4 is 17.2 Å². The maximum absolute atomic E-state index is 12.5. The molecule has 1 aliphatic heterocycles. The van der Waals surface area contributed by atoms with Crippen LogP contribution in [0, 0.1) is 11.3 Å². The molecule has 1 aliphatic carbocycles. The second-order valence-corrected chi connectivity index (χ2v) is 8.33. The molecule has 3 nitrogen and oxygen atoms in total. The predicted molar refractivity (Wildman–Crippen MR) is 103 cm³/mol. The maximum Gasteiger partial charge on any atom is 0.223 e. The molecule has 4 rings (SSSR count). The fraction of sp³-hybridized carbons (Fsp3) is 0.476. The van der Waals surface area contributed by atoms with E-state index in [-0.39, 0.29) is 11.8 Å². The molecule has 1 aromatic carbocycles. The topological polar surface area (TPSA) is 32.3 Å². The Kier molecular flexibility index (Phi) is 4.91. The molecule has 2 aliphatic rings. The molecule has 0 radical (unpaired) electrons. The van der Waals surface area contributed by atoms with E-state index in [1.54, 1.807) is 11.3 Å². The van der Waals surface area contributed by atoms with Crippen LogP contribution in [0.25, 0.3) is 0 Å². The summed E-state index contributed by atoms with van der Waals surface area (Å²) >= 11 is 1.77. The molecule has 2 aromatic rings. The van der Waals surface area contributed by atoms with Crippen LogP contribution in [0.2, 0.25) is 0 Å². The van der Waals surface area contributed by atoms with E-state index in [1.807, 2.05) is 6.07 Å². The highest BCUT2D eigenvalue weighted by molar-refractivity contribution is 7.07. The van der Waals surface area contributed by atoms with Gasteiger partial charge in [-0.25, -0.2) is 0 Å². The summed E-state index contributed by atoms with van der Waals surface area (Å²) in [6, 6.07) is 12.6. The summed E-state index contributed by atoms with van der Waals surface area (Å²) in [5.74, 6) is 0.536. The first-order chi connectivity index (χ1) is 12.3. The molecule has 0 bridgehead atoms. The fourth-order valence-electron chi connectivity index (χ4n) is 4.17. The van der Waals surface area contributed by atoms with Crippen molar-refractivity contribution in [2.24, 2.45) is 11.3 Å². The first-order valence-electron chi connectivity index (χ1n) is 9.30. The van der Waals surface area contributed by atoms with E-state index >= 15 is 0 Å². The molecular formula is C21H26N2OS. The van der Waals surface area contributed by atoms with Crippen LogP contribution >= 0.6 is 11.3 Å². The molecular weight excluding hydrogens is 328 g/mol. The summed E-state index contributed by atoms with van der Waals surface area (Å²) in [5, 5.41) is 7.55. The number of carbonyl (C=O) groups is 1. The van der Waals surface area contributed by atoms with Crippen LogP contribution in [0.4, 0.5) is 0 Å². The van der Waals surface area contributed by atoms with Crippen molar-refractivity contribution in [3.8, 4) is 0 Å². The lowest BCUT2D eigenvalue weighted by Crippen LogP contribution is -2.37. The molecule has 1 spiro atoms. The first kappa shape index (κ1) is 16.8. The van der Waals surface area contributed by atoms with Gasteiger partial charge in [-0.05, 0) is 72.1 Å². The number of likely N-dealkylation sites (tertiary alicyclic amines) is 1. The van der Waals surface area contributed by atoms with Crippen LogP contribution in [-0.2, 0) is 17.8 Å². The fourth-order valence-corrected chi connectivity index (χ4v) is 4.83. The molecule has 1 aromatic heterocycles. The van der Waals surface area contributed by atoms with Crippen molar-refractivity contribution in [2.45, 2.75) is 32.2 Å². The van der Waals surface area contributed by atoms with Gasteiger partial charge in [0.15, 0.2) is 0 Å². The van der Waals surface area contributed by atoms with Gasteiger partial charge >= 0.3 is 0 Å². The van der Waals surface area contributed by atoms with Crippen LogP contribution in [0.5, 0.6) is 0 Å². The van der Waals surface area contributed by atoms with E-state index < -0.39 is 0 Å². The van der Waals surface area contributed by atoms with Gasteiger partial charge in [0.05, 0.1) is 0 Å². The molecule has 2 heterocycles. The summed E-state index contributed by atoms with van der Waals surface area (Å²) in [6.07, 6.45) is 4.36. The third-order valence-corrected chi connectivity index (χ3v) is 6.63. The minimum absolute atomic E-state index is 0.256. The zero-order chi connectivity index (χ0) is 17.1. The SMILES string of the molecule is O=C(NCCc1ccccc1)[C@@H]1CC12CCN(Cc1ccsc1)CC2. The van der Waals surface area contributed by atoms with Crippen molar-refractivity contribution < 1.29 is 4.79 Å². The highest BCUT2D eigenvalue weighted by atomic mass is 32.1. The molecule has 1 saturated carbocycles. The second kappa shape index (κ2) is 7.30. The molecule has 1 atom stereocenters. The van der Waals surface area contributed by atoms with Crippen molar-refractivity contribution in [1.82, 2.24) is 10.2 Å². The maximum atomic E-state index is 12.5. The van der Waals surface area contributed by atoms with Gasteiger partial charge in [0.1, 0.15) is 0 Å². The Morgan fingerprint density at radius 2 is 1.96 bits per heavy atom. The van der Waals surface area contributed by atoms with Gasteiger partial charge in [-0.1, -0.05) is 30.3 Å². The summed E-state index contributed by atoms with van der Waals surface area (Å²) < 4.78 is 0. The summed E-state index contributed by atoms with van der Waals surface area (Å²) in [5.41, 5.74) is 3.02. The van der Waals surface area contributed by atoms with Crippen molar-refractivity contribution in [3.63, 3.8) is 0 Å². The number of piperidine rings is 1. The van der Waals surface area contributed by atoms with Crippen molar-refractivity contribution in [2.75, 3.05) is 19.6 Å². The highest BCUT2D eigenvalue weighted by Crippen LogP contribution is 2.59. The van der Waals surface area contributed by atoms with E-state index in [0.29, 0.717) is 5.41 Å². The number of rotatable bonds is 6. The summed E-state index contributed by atoms with van der Waals surface area (Å²) in [7, 11) is 0. The van der Waals surface area contributed by atoms with E-state index in [1.165, 1.54) is 24.0 Å². The van der Waals surface area contributed by atoms with Crippen LogP contribution in [0.15, 0.2) is 47.2 Å². The molecule has 1 amide bonds. The number of nitrogens with zero attached hydrogens (tertiary/aromatic N) is 1. The molecule has 4 heteroatoms. The average molecular weight is 355 g/mol. The second-order valence-electron chi connectivity index (χ2n) is 7.55. The van der Waals surface area contributed by atoms with E-state index in [4.69, 9.17) is 0 Å². The Bertz CT molecular complexity index is 690. The van der Waals surface area contributed by atoms with Crippen LogP contribution < -0.4 is 5.32 Å². The van der Waals surface area contributed by atoms with Gasteiger partial charge in [-0.15, -0.1) is 0 Å². The third kappa shape index (κ3) is 3.96. The molecule has 25 heavy (non-hydrogen) atoms. The lowest BCUT2D eigenvalue weighted by atomic mass is 9.90. The van der Waals surface area contributed by atoms with E-state index in [0.717, 1.165) is 39.0 Å². The Morgan fingerprint density at radius 3 is 2.68 bits per heavy atom. The van der Waals surface area contributed by atoms with Crippen LogP contribution in [0.3, 0.4) is 0 Å². The Morgan fingerprint density at radius 1 is 1.16 bits per heavy atom. The van der Waals surface area contributed by atoms with Crippen LogP contribution in [0.1, 0.15) is 30.4 Å². The average Bonchev–Trinajstić information content (AvgIpc) is 3.09. The number of hydrogen-bond donors (Lipinski definition) is 1. The number of benzene rings is 1. The summed E-state index contributed by atoms with van der Waals surface area (Å²) in [4.78, 5) is 15.0. The molecule has 0 unspecified atom stereocenters. The number of amides is 1. The number of nitrogens with one attached hydrogen (secondary N) is 1. The molecule has 2 fully saturated rings. The smallest absolute Gasteiger partial charge is 0.223 e. The lowest BCUT2D eigenvalue weighted by molar-refractivity contribution is -0.123. The minimum atomic E-state index is 0.256. The lowest BCUT2D eigenvalue weighted by Gasteiger charge is -2.32. The first-order valence-corrected chi connectivity index (χ1v) is 10.2. The Hall–Kier alpha value is -1.65. The van der Waals surface area contributed by atoms with Gasteiger partial charge in [-0.2, -0.15) is 11.3 Å². The summed E-state index contributed by atoms with van der Waals surface area (Å²) in [6.45, 7) is 4.07. The van der Waals surface area contributed by atoms with Crippen molar-refractivity contribution in [1.29, 1.82) is 0 Å². The largest absolute Gasteiger partial charge is 0.356 e. The van der Waals surface area contributed by atoms with Crippen LogP contribution in [-0.4, -0.2) is 30.4 Å². The monoisotopic (exact) mass is 354 g/mol. The minimum Gasteiger partial charge on any atom is -0.356 e. The number of thiophene rings is 1.